The monoisotopic (exact) mass is 860 g/mol. The number of furan rings is 2. The van der Waals surface area contributed by atoms with Gasteiger partial charge in [0.1, 0.15) is 22.3 Å². The van der Waals surface area contributed by atoms with E-state index in [1.807, 2.05) is 30.3 Å². The molecule has 6 nitrogen and oxygen atoms in total. The van der Waals surface area contributed by atoms with Crippen molar-refractivity contribution in [2.75, 3.05) is 0 Å². The Morgan fingerprint density at radius 2 is 0.985 bits per heavy atom. The lowest BCUT2D eigenvalue weighted by Gasteiger charge is -2.16. The van der Waals surface area contributed by atoms with E-state index in [1.165, 1.54) is 30.9 Å². The van der Waals surface area contributed by atoms with Crippen molar-refractivity contribution in [2.24, 2.45) is 0 Å². The fraction of sp³-hybridized carbons (Fsp3) is 0. The van der Waals surface area contributed by atoms with Crippen LogP contribution in [0.2, 0.25) is 0 Å². The number of rotatable bonds is 4. The Morgan fingerprint density at radius 3 is 1.83 bits per heavy atom. The van der Waals surface area contributed by atoms with Crippen molar-refractivity contribution in [1.82, 2.24) is 19.5 Å². The van der Waals surface area contributed by atoms with Crippen LogP contribution in [0.5, 0.6) is 0 Å². The molecule has 10 aromatic carbocycles. The second kappa shape index (κ2) is 13.4. The van der Waals surface area contributed by atoms with E-state index in [9.17, 15) is 0 Å². The molecule has 0 radical (unpaired) electrons. The van der Waals surface area contributed by atoms with Gasteiger partial charge in [-0.25, -0.2) is 15.0 Å². The fourth-order valence-corrected chi connectivity index (χ4v) is 11.6. The van der Waals surface area contributed by atoms with Crippen molar-refractivity contribution in [3.05, 3.63) is 194 Å². The molecule has 0 N–H and O–H groups in total. The van der Waals surface area contributed by atoms with E-state index in [-0.39, 0.29) is 0 Å². The van der Waals surface area contributed by atoms with Crippen molar-refractivity contribution in [1.29, 1.82) is 0 Å². The van der Waals surface area contributed by atoms with Crippen LogP contribution >= 0.6 is 11.3 Å². The van der Waals surface area contributed by atoms with Crippen molar-refractivity contribution >= 4 is 119 Å². The number of benzene rings is 10. The first kappa shape index (κ1) is 35.8. The maximum atomic E-state index is 6.96. The Labute approximate surface area is 379 Å². The zero-order chi connectivity index (χ0) is 43.0. The highest BCUT2D eigenvalue weighted by Gasteiger charge is 2.25. The summed E-state index contributed by atoms with van der Waals surface area (Å²) in [6.45, 7) is 0. The van der Waals surface area contributed by atoms with E-state index in [0.717, 1.165) is 98.8 Å². The molecule has 0 saturated heterocycles. The van der Waals surface area contributed by atoms with Gasteiger partial charge in [0.05, 0.1) is 16.7 Å². The van der Waals surface area contributed by atoms with Gasteiger partial charge >= 0.3 is 0 Å². The van der Waals surface area contributed by atoms with Crippen LogP contribution in [0, 0.1) is 0 Å². The fourth-order valence-electron chi connectivity index (χ4n) is 10.5. The molecule has 0 aliphatic carbocycles. The number of hydrogen-bond donors (Lipinski definition) is 0. The Bertz CT molecular complexity index is 4420. The quantitative estimate of drug-likeness (QED) is 0.176. The number of nitrogens with zero attached hydrogens (tertiary/aromatic N) is 4. The summed E-state index contributed by atoms with van der Waals surface area (Å²) in [6, 6.07) is 68.5. The first-order valence-corrected chi connectivity index (χ1v) is 22.9. The molecule has 5 aromatic heterocycles. The van der Waals surface area contributed by atoms with Crippen molar-refractivity contribution in [3.63, 3.8) is 0 Å². The summed E-state index contributed by atoms with van der Waals surface area (Å²) in [6.07, 6.45) is 0. The lowest BCUT2D eigenvalue weighted by atomic mass is 10.0. The van der Waals surface area contributed by atoms with Crippen LogP contribution in [0.25, 0.3) is 147 Å². The zero-order valence-corrected chi connectivity index (χ0v) is 35.8. The topological polar surface area (TPSA) is 69.9 Å². The Kier molecular flexibility index (Phi) is 7.28. The molecule has 5 heterocycles. The van der Waals surface area contributed by atoms with E-state index in [2.05, 4.69) is 168 Å². The minimum absolute atomic E-state index is 0.533. The molecule has 15 rings (SSSR count). The third-order valence-corrected chi connectivity index (χ3v) is 14.6. The summed E-state index contributed by atoms with van der Waals surface area (Å²) in [7, 11) is 0. The molecule has 7 heteroatoms. The summed E-state index contributed by atoms with van der Waals surface area (Å²) in [5, 5.41) is 13.2. The Morgan fingerprint density at radius 1 is 0.348 bits per heavy atom. The molecular weight excluding hydrogens is 829 g/mol. The van der Waals surface area contributed by atoms with Gasteiger partial charge in [-0.15, -0.1) is 11.3 Å². The molecule has 306 valence electrons. The normalized spacial score (nSPS) is 12.2. The molecule has 0 bridgehead atoms. The van der Waals surface area contributed by atoms with E-state index >= 15 is 0 Å². The minimum atomic E-state index is 0.533. The van der Waals surface area contributed by atoms with E-state index in [1.54, 1.807) is 11.3 Å². The summed E-state index contributed by atoms with van der Waals surface area (Å²) in [5.41, 5.74) is 8.94. The third kappa shape index (κ3) is 5.08. The summed E-state index contributed by atoms with van der Waals surface area (Å²) in [4.78, 5) is 16.5. The lowest BCUT2D eigenvalue weighted by Crippen LogP contribution is -2.04. The number of hydrogen-bond acceptors (Lipinski definition) is 6. The lowest BCUT2D eigenvalue weighted by molar-refractivity contribution is 0.669. The van der Waals surface area contributed by atoms with E-state index < -0.39 is 0 Å². The number of thiophene rings is 1. The van der Waals surface area contributed by atoms with Crippen LogP contribution in [0.4, 0.5) is 0 Å². The van der Waals surface area contributed by atoms with E-state index in [0.29, 0.717) is 17.5 Å². The summed E-state index contributed by atoms with van der Waals surface area (Å²) < 4.78 is 18.2. The molecule has 0 fully saturated rings. The van der Waals surface area contributed by atoms with Crippen molar-refractivity contribution in [3.8, 4) is 39.9 Å². The first-order valence-electron chi connectivity index (χ1n) is 22.1. The molecule has 0 saturated carbocycles. The van der Waals surface area contributed by atoms with Gasteiger partial charge in [0.2, 0.25) is 0 Å². The van der Waals surface area contributed by atoms with Gasteiger partial charge in [0, 0.05) is 74.6 Å². The smallest absolute Gasteiger partial charge is 0.166 e. The van der Waals surface area contributed by atoms with Gasteiger partial charge < -0.3 is 13.4 Å². The maximum Gasteiger partial charge on any atom is 0.166 e. The molecule has 0 aliphatic heterocycles. The Hall–Kier alpha value is -8.65. The molecule has 66 heavy (non-hydrogen) atoms. The highest BCUT2D eigenvalue weighted by Crippen LogP contribution is 2.45. The van der Waals surface area contributed by atoms with Gasteiger partial charge in [-0.05, 0) is 76.8 Å². The van der Waals surface area contributed by atoms with E-state index in [4.69, 9.17) is 23.8 Å². The zero-order valence-electron chi connectivity index (χ0n) is 35.0. The number of aromatic nitrogens is 4. The highest BCUT2D eigenvalue weighted by molar-refractivity contribution is 7.25. The van der Waals surface area contributed by atoms with Crippen LogP contribution in [0.1, 0.15) is 0 Å². The van der Waals surface area contributed by atoms with Gasteiger partial charge in [-0.1, -0.05) is 133 Å². The van der Waals surface area contributed by atoms with Gasteiger partial charge in [-0.3, -0.25) is 0 Å². The second-order valence-electron chi connectivity index (χ2n) is 17.1. The van der Waals surface area contributed by atoms with Crippen molar-refractivity contribution in [2.45, 2.75) is 0 Å². The third-order valence-electron chi connectivity index (χ3n) is 13.4. The molecule has 0 atom stereocenters. The van der Waals surface area contributed by atoms with Crippen LogP contribution < -0.4 is 0 Å². The van der Waals surface area contributed by atoms with Gasteiger partial charge in [0.25, 0.3) is 0 Å². The molecule has 0 aliphatic rings. The van der Waals surface area contributed by atoms with Crippen LogP contribution in [0.3, 0.4) is 0 Å². The Balaban J connectivity index is 1.10. The standard InChI is InChI=1S/C59H32N4O2S/c1-2-15-35-30-47-43(29-34(35)14-1)37-17-5-8-22-46(37)63(47)48-31-44-38-28-27-33-13-3-4-16-36(33)56(38)65-51(44)32-45(48)59-61-57(41-20-11-24-50-54(41)39-18-6-9-23-49(39)64-50)60-58(62-59)42-21-12-26-53-55(42)40-19-7-10-25-52(40)66-53/h1-32H. The SMILES string of the molecule is c1ccc2cc3c(cc2c1)c1ccccc1n3-c1cc2c(cc1-c1nc(-c3cccc4oc5ccccc5c34)nc(-c3cccc4sc5ccccc5c34)n1)oc1c3ccccc3ccc21. The van der Waals surface area contributed by atoms with Crippen LogP contribution in [-0.4, -0.2) is 19.5 Å². The second-order valence-corrected chi connectivity index (χ2v) is 18.1. The summed E-state index contributed by atoms with van der Waals surface area (Å²) in [5.74, 6) is 1.67. The molecule has 0 unspecified atom stereocenters. The number of para-hydroxylation sites is 2. The van der Waals surface area contributed by atoms with Crippen molar-refractivity contribution < 1.29 is 8.83 Å². The molecular formula is C59H32N4O2S. The number of fused-ring (bicyclic) bond motifs is 15. The summed E-state index contributed by atoms with van der Waals surface area (Å²) >= 11 is 1.78. The van der Waals surface area contributed by atoms with Gasteiger partial charge in [-0.2, -0.15) is 0 Å². The van der Waals surface area contributed by atoms with Crippen LogP contribution in [-0.2, 0) is 0 Å². The average molecular weight is 861 g/mol. The van der Waals surface area contributed by atoms with Gasteiger partial charge in [0.15, 0.2) is 17.5 Å². The molecule has 15 aromatic rings. The molecule has 0 spiro atoms. The largest absolute Gasteiger partial charge is 0.456 e. The van der Waals surface area contributed by atoms with Crippen LogP contribution in [0.15, 0.2) is 203 Å². The first-order chi connectivity index (χ1) is 32.7. The maximum absolute atomic E-state index is 6.96. The molecule has 0 amide bonds. The predicted octanol–water partition coefficient (Wildman–Crippen LogP) is 16.4. The highest BCUT2D eigenvalue weighted by atomic mass is 32.1. The minimum Gasteiger partial charge on any atom is -0.456 e. The predicted molar refractivity (Wildman–Crippen MR) is 273 cm³/mol. The average Bonchev–Trinajstić information content (AvgIpc) is 4.14.